The van der Waals surface area contributed by atoms with Crippen LogP contribution in [0.1, 0.15) is 58.8 Å². The molecule has 28 heavy (non-hydrogen) atoms. The van der Waals surface area contributed by atoms with Crippen LogP contribution in [-0.2, 0) is 10.8 Å². The average molecular weight is 406 g/mol. The van der Waals surface area contributed by atoms with Gasteiger partial charge >= 0.3 is 0 Å². The van der Waals surface area contributed by atoms with Gasteiger partial charge in [0, 0.05) is 40.7 Å². The second kappa shape index (κ2) is 6.56. The smallest absolute Gasteiger partial charge is 0.0899 e. The molecule has 0 aromatic rings. The first-order chi connectivity index (χ1) is 13.1. The molecule has 4 heteroatoms. The molecular formula is C24H39NO2S. The Morgan fingerprint density at radius 1 is 1.14 bits per heavy atom. The van der Waals surface area contributed by atoms with Crippen molar-refractivity contribution in [3.63, 3.8) is 0 Å². The summed E-state index contributed by atoms with van der Waals surface area (Å²) in [6, 6.07) is 0. The van der Waals surface area contributed by atoms with Gasteiger partial charge in [-0.2, -0.15) is 0 Å². The molecule has 0 radical (unpaired) electrons. The van der Waals surface area contributed by atoms with E-state index in [0.717, 1.165) is 25.8 Å². The van der Waals surface area contributed by atoms with E-state index < -0.39 is 16.4 Å². The summed E-state index contributed by atoms with van der Waals surface area (Å²) in [4.78, 5) is 2.36. The summed E-state index contributed by atoms with van der Waals surface area (Å²) in [7, 11) is 3.51. The highest BCUT2D eigenvalue weighted by Gasteiger charge is 2.85. The Hall–Kier alpha value is -0.370. The predicted molar refractivity (Wildman–Crippen MR) is 116 cm³/mol. The Bertz CT molecular complexity index is 716. The van der Waals surface area contributed by atoms with E-state index >= 15 is 0 Å². The maximum Gasteiger partial charge on any atom is 0.0899 e. The van der Waals surface area contributed by atoms with Gasteiger partial charge < -0.3 is 10.0 Å². The second-order valence-electron chi connectivity index (χ2n) is 11.4. The van der Waals surface area contributed by atoms with E-state index in [1.165, 1.54) is 25.7 Å². The van der Waals surface area contributed by atoms with Crippen LogP contribution in [0, 0.1) is 52.3 Å². The van der Waals surface area contributed by atoms with Gasteiger partial charge in [0.2, 0.25) is 0 Å². The SMILES string of the molecule is C#CC1[C@]2(O)[C@@H](CS(C)=O)CC[C@H]3[C@]4(C)CCC[C@@](C)(CN(C)C)[C@H]4CC[C@@]132. The third-order valence-electron chi connectivity index (χ3n) is 9.69. The average Bonchev–Trinajstić information content (AvgIpc) is 3.12. The van der Waals surface area contributed by atoms with Crippen molar-refractivity contribution in [3.8, 4) is 12.3 Å². The van der Waals surface area contributed by atoms with Crippen LogP contribution in [0.25, 0.3) is 0 Å². The van der Waals surface area contributed by atoms with Crippen LogP contribution >= 0.6 is 0 Å². The zero-order chi connectivity index (χ0) is 20.5. The van der Waals surface area contributed by atoms with Crippen molar-refractivity contribution in [1.29, 1.82) is 0 Å². The first-order valence-corrected chi connectivity index (χ1v) is 12.9. The van der Waals surface area contributed by atoms with Crippen LogP contribution in [0.5, 0.6) is 0 Å². The molecule has 0 saturated heterocycles. The molecule has 4 fully saturated rings. The number of terminal acetylenes is 1. The summed E-state index contributed by atoms with van der Waals surface area (Å²) in [5.41, 5.74) is -0.291. The molecule has 1 N–H and O–H groups in total. The van der Waals surface area contributed by atoms with E-state index in [9.17, 15) is 9.32 Å². The maximum atomic E-state index is 12.0. The van der Waals surface area contributed by atoms with Gasteiger partial charge in [-0.15, -0.1) is 6.42 Å². The largest absolute Gasteiger partial charge is 0.388 e. The highest BCUT2D eigenvalue weighted by molar-refractivity contribution is 7.84. The Labute approximate surface area is 174 Å². The highest BCUT2D eigenvalue weighted by atomic mass is 32.2. The molecule has 3 nitrogen and oxygen atoms in total. The molecule has 4 rings (SSSR count). The molecule has 9 atom stereocenters. The van der Waals surface area contributed by atoms with Crippen molar-refractivity contribution >= 4 is 10.8 Å². The van der Waals surface area contributed by atoms with Crippen molar-refractivity contribution in [2.45, 2.75) is 64.4 Å². The maximum absolute atomic E-state index is 12.0. The molecule has 0 amide bonds. The van der Waals surface area contributed by atoms with Gasteiger partial charge in [0.25, 0.3) is 0 Å². The lowest BCUT2D eigenvalue weighted by Crippen LogP contribution is -2.58. The van der Waals surface area contributed by atoms with E-state index in [-0.39, 0.29) is 22.7 Å². The summed E-state index contributed by atoms with van der Waals surface area (Å²) in [6.07, 6.45) is 16.0. The van der Waals surface area contributed by atoms with Crippen LogP contribution in [0.2, 0.25) is 0 Å². The lowest BCUT2D eigenvalue weighted by molar-refractivity contribution is -0.156. The number of fused-ring (bicyclic) bond motifs is 2. The summed E-state index contributed by atoms with van der Waals surface area (Å²) in [5, 5.41) is 11.9. The third-order valence-corrected chi connectivity index (χ3v) is 10.6. The van der Waals surface area contributed by atoms with Crippen LogP contribution in [0.4, 0.5) is 0 Å². The molecule has 4 aliphatic carbocycles. The molecular weight excluding hydrogens is 366 g/mol. The molecule has 0 aliphatic heterocycles. The number of hydrogen-bond acceptors (Lipinski definition) is 3. The van der Waals surface area contributed by atoms with E-state index in [4.69, 9.17) is 6.42 Å². The van der Waals surface area contributed by atoms with Gasteiger partial charge in [-0.3, -0.25) is 4.21 Å². The minimum Gasteiger partial charge on any atom is -0.388 e. The molecule has 2 unspecified atom stereocenters. The van der Waals surface area contributed by atoms with Crippen molar-refractivity contribution < 1.29 is 9.32 Å². The van der Waals surface area contributed by atoms with E-state index in [1.807, 2.05) is 0 Å². The second-order valence-corrected chi connectivity index (χ2v) is 12.9. The molecule has 0 aromatic heterocycles. The molecule has 158 valence electrons. The van der Waals surface area contributed by atoms with Crippen LogP contribution in [0.3, 0.4) is 0 Å². The van der Waals surface area contributed by atoms with E-state index in [1.54, 1.807) is 6.26 Å². The monoisotopic (exact) mass is 405 g/mol. The summed E-state index contributed by atoms with van der Waals surface area (Å²) in [6.45, 7) is 6.19. The lowest BCUT2D eigenvalue weighted by atomic mass is 9.43. The molecule has 0 aromatic carbocycles. The van der Waals surface area contributed by atoms with Crippen molar-refractivity contribution in [1.82, 2.24) is 4.90 Å². The fraction of sp³-hybridized carbons (Fsp3) is 0.917. The van der Waals surface area contributed by atoms with Gasteiger partial charge in [0.05, 0.1) is 11.5 Å². The fourth-order valence-corrected chi connectivity index (χ4v) is 10.1. The quantitative estimate of drug-likeness (QED) is 0.727. The fourth-order valence-electron chi connectivity index (χ4n) is 9.12. The topological polar surface area (TPSA) is 40.5 Å². The first-order valence-electron chi connectivity index (χ1n) is 11.2. The van der Waals surface area contributed by atoms with Gasteiger partial charge in [-0.1, -0.05) is 26.2 Å². The predicted octanol–water partition coefficient (Wildman–Crippen LogP) is 3.54. The number of rotatable bonds is 4. The minimum absolute atomic E-state index is 0.0409. The molecule has 0 bridgehead atoms. The third kappa shape index (κ3) is 2.51. The Kier molecular flexibility index (Phi) is 4.89. The Morgan fingerprint density at radius 2 is 1.86 bits per heavy atom. The zero-order valence-electron chi connectivity index (χ0n) is 18.5. The molecule has 4 saturated carbocycles. The molecule has 4 aliphatic rings. The minimum atomic E-state index is -0.887. The van der Waals surface area contributed by atoms with Crippen molar-refractivity contribution in [3.05, 3.63) is 0 Å². The Balaban J connectivity index is 1.71. The number of hydrogen-bond donors (Lipinski definition) is 1. The number of nitrogens with zero attached hydrogens (tertiary/aromatic N) is 1. The van der Waals surface area contributed by atoms with E-state index in [2.05, 4.69) is 38.8 Å². The van der Waals surface area contributed by atoms with Gasteiger partial charge in [-0.05, 0) is 75.3 Å². The van der Waals surface area contributed by atoms with Crippen molar-refractivity contribution in [2.75, 3.05) is 32.6 Å². The standard InChI is InChI=1S/C24H39NO2S/c1-7-18-23-14-11-19-21(2,16-25(4)5)12-8-13-22(19,3)20(23)10-9-17(15-28(6)27)24(18,23)26/h1,17-20,26H,8-16H2,2-6H3/t17-,18?,19-,20+,21+,22-,23-,24-,28?/m1/s1. The normalized spacial score (nSPS) is 53.5. The summed E-state index contributed by atoms with van der Waals surface area (Å²) < 4.78 is 12.0. The summed E-state index contributed by atoms with van der Waals surface area (Å²) in [5.74, 6) is 4.89. The molecule has 1 spiro atoms. The van der Waals surface area contributed by atoms with Crippen LogP contribution in [-0.4, -0.2) is 52.5 Å². The van der Waals surface area contributed by atoms with Gasteiger partial charge in [0.15, 0.2) is 0 Å². The van der Waals surface area contributed by atoms with Gasteiger partial charge in [0.1, 0.15) is 0 Å². The Morgan fingerprint density at radius 3 is 2.46 bits per heavy atom. The first kappa shape index (κ1) is 20.9. The zero-order valence-corrected chi connectivity index (χ0v) is 19.3. The van der Waals surface area contributed by atoms with Crippen LogP contribution < -0.4 is 0 Å². The van der Waals surface area contributed by atoms with E-state index in [0.29, 0.717) is 23.0 Å². The summed E-state index contributed by atoms with van der Waals surface area (Å²) >= 11 is 0. The van der Waals surface area contributed by atoms with Crippen molar-refractivity contribution in [2.24, 2.45) is 39.9 Å². The highest BCUT2D eigenvalue weighted by Crippen LogP contribution is 2.82. The number of aliphatic hydroxyl groups is 1. The van der Waals surface area contributed by atoms with Crippen LogP contribution in [0.15, 0.2) is 0 Å². The molecule has 0 heterocycles. The lowest BCUT2D eigenvalue weighted by Gasteiger charge is -2.63. The van der Waals surface area contributed by atoms with Gasteiger partial charge in [-0.25, -0.2) is 0 Å².